The molecule has 1 unspecified atom stereocenters. The van der Waals surface area contributed by atoms with Crippen LogP contribution in [0.1, 0.15) is 63.5 Å². The molecule has 0 fully saturated rings. The molecule has 0 aliphatic heterocycles. The van der Waals surface area contributed by atoms with Crippen molar-refractivity contribution in [2.45, 2.75) is 59.3 Å². The van der Waals surface area contributed by atoms with Crippen molar-refractivity contribution in [2.75, 3.05) is 6.61 Å². The van der Waals surface area contributed by atoms with E-state index < -0.39 is 0 Å². The number of hydrogen-bond acceptors (Lipinski definition) is 2. The molecular weight excluding hydrogens is 272 g/mol. The first kappa shape index (κ1) is 17.0. The van der Waals surface area contributed by atoms with Crippen LogP contribution in [0.3, 0.4) is 0 Å². The molecule has 2 nitrogen and oxygen atoms in total. The standard InChI is InChI=1S/C17H25ClO2/c1-5-13(8-9-14(19)6-2)15-11-16(18)12(4)10-17(15)20-7-3/h10-11,13H,5-9H2,1-4H3. The summed E-state index contributed by atoms with van der Waals surface area (Å²) in [6.07, 6.45) is 3.09. The van der Waals surface area contributed by atoms with E-state index in [4.69, 9.17) is 16.3 Å². The molecule has 0 aliphatic rings. The Balaban J connectivity index is 3.00. The minimum atomic E-state index is 0.319. The molecule has 0 bridgehead atoms. The number of aryl methyl sites for hydroxylation is 1. The predicted molar refractivity (Wildman–Crippen MR) is 84.9 cm³/mol. The lowest BCUT2D eigenvalue weighted by molar-refractivity contribution is -0.118. The SMILES string of the molecule is CCOc1cc(C)c(Cl)cc1C(CC)CCC(=O)CC. The zero-order valence-electron chi connectivity index (χ0n) is 13.0. The fraction of sp³-hybridized carbons (Fsp3) is 0.588. The molecule has 1 rings (SSSR count). The summed E-state index contributed by atoms with van der Waals surface area (Å²) in [5.74, 6) is 1.55. The molecule has 1 atom stereocenters. The summed E-state index contributed by atoms with van der Waals surface area (Å²) in [6, 6.07) is 4.01. The monoisotopic (exact) mass is 296 g/mol. The Labute approximate surface area is 127 Å². The van der Waals surface area contributed by atoms with Crippen molar-refractivity contribution in [3.8, 4) is 5.75 Å². The second kappa shape index (κ2) is 8.31. The van der Waals surface area contributed by atoms with Crippen LogP contribution in [0.15, 0.2) is 12.1 Å². The third-order valence-corrected chi connectivity index (χ3v) is 4.10. The maximum absolute atomic E-state index is 11.5. The minimum absolute atomic E-state index is 0.319. The summed E-state index contributed by atoms with van der Waals surface area (Å²) in [7, 11) is 0. The van der Waals surface area contributed by atoms with Gasteiger partial charge in [-0.3, -0.25) is 4.79 Å². The van der Waals surface area contributed by atoms with Crippen LogP contribution in [0.25, 0.3) is 0 Å². The molecule has 0 saturated heterocycles. The van der Waals surface area contributed by atoms with Gasteiger partial charge in [-0.05, 0) is 55.9 Å². The van der Waals surface area contributed by atoms with Gasteiger partial charge in [0.05, 0.1) is 6.61 Å². The normalized spacial score (nSPS) is 12.2. The van der Waals surface area contributed by atoms with Gasteiger partial charge in [0.15, 0.2) is 0 Å². The molecule has 0 saturated carbocycles. The number of hydrogen-bond donors (Lipinski definition) is 0. The van der Waals surface area contributed by atoms with Gasteiger partial charge < -0.3 is 4.74 Å². The predicted octanol–water partition coefficient (Wildman–Crippen LogP) is 5.30. The van der Waals surface area contributed by atoms with Crippen LogP contribution < -0.4 is 4.74 Å². The van der Waals surface area contributed by atoms with E-state index in [1.54, 1.807) is 0 Å². The number of halogens is 1. The van der Waals surface area contributed by atoms with Crippen molar-refractivity contribution < 1.29 is 9.53 Å². The molecule has 0 radical (unpaired) electrons. The molecule has 0 spiro atoms. The second-order valence-corrected chi connectivity index (χ2v) is 5.52. The van der Waals surface area contributed by atoms with E-state index in [1.165, 1.54) is 0 Å². The largest absolute Gasteiger partial charge is 0.494 e. The van der Waals surface area contributed by atoms with Crippen LogP contribution in [-0.2, 0) is 4.79 Å². The lowest BCUT2D eigenvalue weighted by Crippen LogP contribution is -2.06. The number of ketones is 1. The van der Waals surface area contributed by atoms with Crippen molar-refractivity contribution in [1.82, 2.24) is 0 Å². The molecule has 0 amide bonds. The number of benzene rings is 1. The summed E-state index contributed by atoms with van der Waals surface area (Å²) >= 11 is 6.25. The van der Waals surface area contributed by atoms with Gasteiger partial charge in [-0.1, -0.05) is 25.4 Å². The fourth-order valence-electron chi connectivity index (χ4n) is 2.36. The Kier molecular flexibility index (Phi) is 7.08. The maximum atomic E-state index is 11.5. The zero-order valence-corrected chi connectivity index (χ0v) is 13.7. The third kappa shape index (κ3) is 4.52. The molecule has 0 aromatic heterocycles. The van der Waals surface area contributed by atoms with Gasteiger partial charge in [-0.2, -0.15) is 0 Å². The Hall–Kier alpha value is -1.02. The van der Waals surface area contributed by atoms with Gasteiger partial charge >= 0.3 is 0 Å². The van der Waals surface area contributed by atoms with Crippen LogP contribution in [0.4, 0.5) is 0 Å². The van der Waals surface area contributed by atoms with E-state index in [1.807, 2.05) is 32.9 Å². The molecule has 20 heavy (non-hydrogen) atoms. The lowest BCUT2D eigenvalue weighted by Gasteiger charge is -2.20. The van der Waals surface area contributed by atoms with E-state index in [-0.39, 0.29) is 0 Å². The molecule has 0 heterocycles. The van der Waals surface area contributed by atoms with E-state index in [0.29, 0.717) is 31.1 Å². The highest BCUT2D eigenvalue weighted by Crippen LogP contribution is 2.36. The highest BCUT2D eigenvalue weighted by molar-refractivity contribution is 6.31. The van der Waals surface area contributed by atoms with Crippen molar-refractivity contribution in [1.29, 1.82) is 0 Å². The van der Waals surface area contributed by atoms with Gasteiger partial charge in [0, 0.05) is 17.9 Å². The highest BCUT2D eigenvalue weighted by Gasteiger charge is 2.17. The average molecular weight is 297 g/mol. The maximum Gasteiger partial charge on any atom is 0.132 e. The number of ether oxygens (including phenoxy) is 1. The Bertz CT molecular complexity index is 455. The Morgan fingerprint density at radius 2 is 2.00 bits per heavy atom. The number of carbonyl (C=O) groups is 1. The minimum Gasteiger partial charge on any atom is -0.494 e. The summed E-state index contributed by atoms with van der Waals surface area (Å²) in [5.41, 5.74) is 2.16. The molecule has 0 aliphatic carbocycles. The average Bonchev–Trinajstić information content (AvgIpc) is 2.44. The summed E-state index contributed by atoms with van der Waals surface area (Å²) in [6.45, 7) is 8.66. The summed E-state index contributed by atoms with van der Waals surface area (Å²) in [4.78, 5) is 11.5. The molecule has 112 valence electrons. The first-order valence-electron chi connectivity index (χ1n) is 7.47. The summed E-state index contributed by atoms with van der Waals surface area (Å²) in [5, 5.41) is 0.767. The topological polar surface area (TPSA) is 26.3 Å². The van der Waals surface area contributed by atoms with Gasteiger partial charge in [-0.15, -0.1) is 0 Å². The quantitative estimate of drug-likeness (QED) is 0.650. The fourth-order valence-corrected chi connectivity index (χ4v) is 2.53. The van der Waals surface area contributed by atoms with Gasteiger partial charge in [0.1, 0.15) is 11.5 Å². The number of Topliss-reactive ketones (excluding diaryl/α,β-unsaturated/α-hetero) is 1. The van der Waals surface area contributed by atoms with Crippen molar-refractivity contribution in [3.63, 3.8) is 0 Å². The molecular formula is C17H25ClO2. The third-order valence-electron chi connectivity index (χ3n) is 3.69. The van der Waals surface area contributed by atoms with Crippen LogP contribution >= 0.6 is 11.6 Å². The Morgan fingerprint density at radius 3 is 2.55 bits per heavy atom. The van der Waals surface area contributed by atoms with Crippen LogP contribution in [0.2, 0.25) is 5.02 Å². The second-order valence-electron chi connectivity index (χ2n) is 5.11. The Morgan fingerprint density at radius 1 is 1.30 bits per heavy atom. The first-order valence-corrected chi connectivity index (χ1v) is 7.85. The number of rotatable bonds is 8. The van der Waals surface area contributed by atoms with E-state index >= 15 is 0 Å². The molecule has 1 aromatic carbocycles. The van der Waals surface area contributed by atoms with E-state index in [9.17, 15) is 4.79 Å². The van der Waals surface area contributed by atoms with Gasteiger partial charge in [0.25, 0.3) is 0 Å². The van der Waals surface area contributed by atoms with Crippen LogP contribution in [0.5, 0.6) is 5.75 Å². The van der Waals surface area contributed by atoms with Crippen LogP contribution in [-0.4, -0.2) is 12.4 Å². The lowest BCUT2D eigenvalue weighted by atomic mass is 9.89. The van der Waals surface area contributed by atoms with Gasteiger partial charge in [-0.25, -0.2) is 0 Å². The molecule has 3 heteroatoms. The smallest absolute Gasteiger partial charge is 0.132 e. The zero-order chi connectivity index (χ0) is 15.1. The first-order chi connectivity index (χ1) is 9.53. The number of carbonyl (C=O) groups excluding carboxylic acids is 1. The van der Waals surface area contributed by atoms with Crippen molar-refractivity contribution >= 4 is 17.4 Å². The van der Waals surface area contributed by atoms with Crippen LogP contribution in [0, 0.1) is 6.92 Å². The van der Waals surface area contributed by atoms with E-state index in [2.05, 4.69) is 6.92 Å². The molecule has 1 aromatic rings. The van der Waals surface area contributed by atoms with Gasteiger partial charge in [0.2, 0.25) is 0 Å². The molecule has 0 N–H and O–H groups in total. The van der Waals surface area contributed by atoms with Crippen molar-refractivity contribution in [3.05, 3.63) is 28.3 Å². The summed E-state index contributed by atoms with van der Waals surface area (Å²) < 4.78 is 5.75. The van der Waals surface area contributed by atoms with Crippen molar-refractivity contribution in [2.24, 2.45) is 0 Å². The highest BCUT2D eigenvalue weighted by atomic mass is 35.5. The van der Waals surface area contributed by atoms with E-state index in [0.717, 1.165) is 34.7 Å².